The van der Waals surface area contributed by atoms with E-state index < -0.39 is 111 Å². The van der Waals surface area contributed by atoms with Gasteiger partial charge in [0.2, 0.25) is 0 Å². The third-order valence-corrected chi connectivity index (χ3v) is 7.42. The molecule has 0 bridgehead atoms. The average Bonchev–Trinajstić information content (AvgIpc) is 3.27. The van der Waals surface area contributed by atoms with E-state index in [4.69, 9.17) is 35.2 Å². The van der Waals surface area contributed by atoms with E-state index in [0.717, 1.165) is 0 Å². The molecule has 16 atom stereocenters. The maximum atomic E-state index is 10.7. The maximum absolute atomic E-state index is 10.7. The van der Waals surface area contributed by atoms with E-state index >= 15 is 0 Å². The van der Waals surface area contributed by atoms with Crippen LogP contribution in [0.4, 0.5) is 0 Å². The Hall–Kier alpha value is -0.640. The summed E-state index contributed by atoms with van der Waals surface area (Å²) in [6.45, 7) is -1.33. The van der Waals surface area contributed by atoms with Crippen molar-refractivity contribution in [1.82, 2.24) is 5.32 Å². The van der Waals surface area contributed by atoms with Crippen molar-refractivity contribution in [3.05, 3.63) is 0 Å². The van der Waals surface area contributed by atoms with Gasteiger partial charge in [-0.2, -0.15) is 0 Å². The first-order valence-electron chi connectivity index (χ1n) is 11.8. The molecule has 1 spiro atoms. The smallest absolute Gasteiger partial charge is 0.314 e. The fraction of sp³-hybridized carbons (Fsp3) is 1.00. The van der Waals surface area contributed by atoms with Gasteiger partial charge < -0.3 is 81.3 Å². The molecule has 0 aromatic heterocycles. The van der Waals surface area contributed by atoms with Gasteiger partial charge in [-0.15, -0.1) is 0 Å². The monoisotopic (exact) mass is 527 g/mol. The van der Waals surface area contributed by atoms with Crippen molar-refractivity contribution in [2.24, 2.45) is 11.5 Å². The van der Waals surface area contributed by atoms with Crippen LogP contribution in [0.2, 0.25) is 0 Å². The van der Waals surface area contributed by atoms with E-state index in [9.17, 15) is 40.9 Å². The summed E-state index contributed by atoms with van der Waals surface area (Å²) in [5.41, 5.74) is 11.8. The molecule has 0 radical (unpaired) electrons. The molecule has 4 rings (SSSR count). The lowest BCUT2D eigenvalue weighted by Gasteiger charge is -2.46. The molecule has 13 N–H and O–H groups in total. The molecule has 3 saturated heterocycles. The first-order valence-corrected chi connectivity index (χ1v) is 11.8. The minimum absolute atomic E-state index is 0.254. The molecular weight excluding hydrogens is 490 g/mol. The van der Waals surface area contributed by atoms with Gasteiger partial charge in [0.05, 0.1) is 31.5 Å². The Bertz CT molecular complexity index is 756. The average molecular weight is 528 g/mol. The van der Waals surface area contributed by atoms with Crippen molar-refractivity contribution in [2.75, 3.05) is 20.3 Å². The van der Waals surface area contributed by atoms with Gasteiger partial charge >= 0.3 is 5.97 Å². The minimum Gasteiger partial charge on any atom is -0.395 e. The molecule has 0 amide bonds. The molecule has 3 aliphatic heterocycles. The van der Waals surface area contributed by atoms with E-state index in [0.29, 0.717) is 0 Å². The Morgan fingerprint density at radius 1 is 0.944 bits per heavy atom. The standard InChI is InChI=1S/C20H37N3O13/c1-23-7-2-5(21)9(26)15(10(7)27)33-19-17-16(11(28)8(4-25)32-19)35-20(36-17)18(31)13(30)12(29)14(34-20)6(22)3-24/h5-19,23-31H,2-4,21-22H2,1H3/t5-,6-,7-,8+,9-,10+,11+,12-,13-,14+,15-,16-,17+,18+,19+,20-/m1/s1. The Morgan fingerprint density at radius 3 is 2.22 bits per heavy atom. The number of nitrogens with one attached hydrogen (secondary N) is 1. The van der Waals surface area contributed by atoms with Crippen LogP contribution in [0.25, 0.3) is 0 Å². The van der Waals surface area contributed by atoms with E-state index in [1.807, 2.05) is 0 Å². The van der Waals surface area contributed by atoms with Gasteiger partial charge in [-0.25, -0.2) is 0 Å². The lowest BCUT2D eigenvalue weighted by molar-refractivity contribution is -0.439. The van der Waals surface area contributed by atoms with Crippen molar-refractivity contribution >= 4 is 0 Å². The molecular formula is C20H37N3O13. The third kappa shape index (κ3) is 4.68. The molecule has 4 aliphatic rings. The van der Waals surface area contributed by atoms with Gasteiger partial charge in [0.15, 0.2) is 12.4 Å². The van der Waals surface area contributed by atoms with Crippen LogP contribution in [0, 0.1) is 0 Å². The molecule has 3 heterocycles. The minimum atomic E-state index is -2.48. The van der Waals surface area contributed by atoms with Crippen molar-refractivity contribution in [2.45, 2.75) is 104 Å². The van der Waals surface area contributed by atoms with Crippen LogP contribution in [0.3, 0.4) is 0 Å². The van der Waals surface area contributed by atoms with Crippen molar-refractivity contribution in [1.29, 1.82) is 0 Å². The van der Waals surface area contributed by atoms with Crippen LogP contribution in [0.15, 0.2) is 0 Å². The molecule has 16 nitrogen and oxygen atoms in total. The zero-order chi connectivity index (χ0) is 26.5. The maximum Gasteiger partial charge on any atom is 0.314 e. The first-order chi connectivity index (χ1) is 17.0. The summed E-state index contributed by atoms with van der Waals surface area (Å²) < 4.78 is 28.7. The van der Waals surface area contributed by atoms with Crippen molar-refractivity contribution in [3.8, 4) is 0 Å². The highest BCUT2D eigenvalue weighted by Gasteiger charge is 2.67. The van der Waals surface area contributed by atoms with Crippen LogP contribution in [0.5, 0.6) is 0 Å². The second-order valence-corrected chi connectivity index (χ2v) is 9.72. The van der Waals surface area contributed by atoms with Gasteiger partial charge in [0.25, 0.3) is 0 Å². The SMILES string of the molecule is CN[C@@H]1C[C@@H](N)[C@@H](O)[C@@H](O[C@@H]2O[C@@H](CO)[C@H](O)[C@H]3O[C@]4(O[C@H]23)O[C@@H]([C@H](N)CO)[C@H](O)[C@@H](O)[C@@H]4O)[C@H]1O. The number of aliphatic hydroxyl groups is 8. The number of fused-ring (bicyclic) bond motifs is 1. The first kappa shape index (κ1) is 28.4. The molecule has 0 aromatic carbocycles. The Balaban J connectivity index is 1.62. The normalized spacial score (nSPS) is 54.4. The summed E-state index contributed by atoms with van der Waals surface area (Å²) in [4.78, 5) is 0. The molecule has 210 valence electrons. The quantitative estimate of drug-likeness (QED) is 0.153. The molecule has 0 aromatic rings. The van der Waals surface area contributed by atoms with Crippen molar-refractivity contribution in [3.63, 3.8) is 0 Å². The van der Waals surface area contributed by atoms with Gasteiger partial charge in [-0.3, -0.25) is 0 Å². The van der Waals surface area contributed by atoms with Crippen LogP contribution < -0.4 is 16.8 Å². The predicted octanol–water partition coefficient (Wildman–Crippen LogP) is -7.27. The zero-order valence-corrected chi connectivity index (χ0v) is 19.6. The highest BCUT2D eigenvalue weighted by molar-refractivity contribution is 5.05. The summed E-state index contributed by atoms with van der Waals surface area (Å²) in [7, 11) is 1.60. The number of hydrogen-bond acceptors (Lipinski definition) is 16. The lowest BCUT2D eigenvalue weighted by Crippen LogP contribution is -2.69. The topological polar surface area (TPSA) is 272 Å². The summed E-state index contributed by atoms with van der Waals surface area (Å²) in [6, 6.07) is -2.50. The van der Waals surface area contributed by atoms with E-state index in [1.165, 1.54) is 0 Å². The predicted molar refractivity (Wildman–Crippen MR) is 115 cm³/mol. The van der Waals surface area contributed by atoms with Crippen LogP contribution in [0.1, 0.15) is 6.42 Å². The summed E-state index contributed by atoms with van der Waals surface area (Å²) >= 11 is 0. The van der Waals surface area contributed by atoms with E-state index in [2.05, 4.69) is 5.32 Å². The molecule has 1 aliphatic carbocycles. The summed E-state index contributed by atoms with van der Waals surface area (Å²) in [5, 5.41) is 85.6. The Kier molecular flexibility index (Phi) is 8.55. The second kappa shape index (κ2) is 10.9. The van der Waals surface area contributed by atoms with Crippen LogP contribution >= 0.6 is 0 Å². The number of likely N-dealkylation sites (N-methyl/N-ethyl adjacent to an activating group) is 1. The summed E-state index contributed by atoms with van der Waals surface area (Å²) in [5.74, 6) is -2.48. The zero-order valence-electron chi connectivity index (χ0n) is 19.6. The lowest BCUT2D eigenvalue weighted by atomic mass is 9.84. The number of ether oxygens (including phenoxy) is 5. The third-order valence-electron chi connectivity index (χ3n) is 7.42. The van der Waals surface area contributed by atoms with Crippen LogP contribution in [-0.2, 0) is 23.7 Å². The fourth-order valence-electron chi connectivity index (χ4n) is 5.23. The molecule has 1 saturated carbocycles. The number of nitrogens with two attached hydrogens (primary N) is 2. The summed E-state index contributed by atoms with van der Waals surface area (Å²) in [6.07, 6.45) is -17.7. The molecule has 36 heavy (non-hydrogen) atoms. The van der Waals surface area contributed by atoms with Crippen LogP contribution in [-0.4, -0.2) is 159 Å². The van der Waals surface area contributed by atoms with Gasteiger partial charge in [-0.05, 0) is 13.5 Å². The van der Waals surface area contributed by atoms with E-state index in [-0.39, 0.29) is 6.42 Å². The largest absolute Gasteiger partial charge is 0.395 e. The van der Waals surface area contributed by atoms with Gasteiger partial charge in [-0.1, -0.05) is 0 Å². The number of aliphatic hydroxyl groups excluding tert-OH is 8. The Morgan fingerprint density at radius 2 is 1.61 bits per heavy atom. The van der Waals surface area contributed by atoms with E-state index in [1.54, 1.807) is 7.05 Å². The van der Waals surface area contributed by atoms with Crippen molar-refractivity contribution < 1.29 is 64.5 Å². The molecule has 0 unspecified atom stereocenters. The molecule has 16 heteroatoms. The van der Waals surface area contributed by atoms with Gasteiger partial charge in [0.1, 0.15) is 48.8 Å². The number of rotatable bonds is 6. The second-order valence-electron chi connectivity index (χ2n) is 9.72. The number of hydrogen-bond donors (Lipinski definition) is 11. The Labute approximate surface area is 206 Å². The highest BCUT2D eigenvalue weighted by atomic mass is 16.9. The molecule has 4 fully saturated rings. The highest BCUT2D eigenvalue weighted by Crippen LogP contribution is 2.45. The van der Waals surface area contributed by atoms with Gasteiger partial charge in [0, 0.05) is 12.1 Å². The fourth-order valence-corrected chi connectivity index (χ4v) is 5.23.